The Labute approximate surface area is 161 Å². The molecule has 0 aromatic carbocycles. The highest BCUT2D eigenvalue weighted by atomic mass is 32.2. The van der Waals surface area contributed by atoms with E-state index in [1.54, 1.807) is 12.4 Å². The number of hydrogen-bond donors (Lipinski definition) is 0. The van der Waals surface area contributed by atoms with Gasteiger partial charge in [0.05, 0.1) is 30.3 Å². The molecule has 2 aromatic rings. The first-order chi connectivity index (χ1) is 13.0. The van der Waals surface area contributed by atoms with Crippen molar-refractivity contribution in [1.82, 2.24) is 19.4 Å². The first-order valence-electron chi connectivity index (χ1n) is 9.46. The second-order valence-electron chi connectivity index (χ2n) is 7.13. The summed E-state index contributed by atoms with van der Waals surface area (Å²) in [5, 5.41) is 0.171. The number of pyridine rings is 1. The largest absolute Gasteiger partial charge is 0.376 e. The standard InChI is InChI=1S/C19H28N4O3S/c1-3-10-27(24,25)19-21-12-17(23(19)15-18-7-5-9-26-18)14-22(2)13-16-6-4-8-20-11-16/h4,6,8,11-12,18H,3,5,7,9-10,13-15H2,1-2H3. The minimum atomic E-state index is -3.39. The summed E-state index contributed by atoms with van der Waals surface area (Å²) in [6.07, 6.45) is 7.89. The van der Waals surface area contributed by atoms with E-state index >= 15 is 0 Å². The molecular weight excluding hydrogens is 364 g/mol. The average molecular weight is 393 g/mol. The fourth-order valence-corrected chi connectivity index (χ4v) is 4.91. The summed E-state index contributed by atoms with van der Waals surface area (Å²) >= 11 is 0. The maximum absolute atomic E-state index is 12.7. The van der Waals surface area contributed by atoms with Gasteiger partial charge in [-0.15, -0.1) is 0 Å². The third-order valence-electron chi connectivity index (χ3n) is 4.67. The van der Waals surface area contributed by atoms with Gasteiger partial charge in [0, 0.05) is 32.1 Å². The lowest BCUT2D eigenvalue weighted by Gasteiger charge is -2.20. The predicted molar refractivity (Wildman–Crippen MR) is 103 cm³/mol. The van der Waals surface area contributed by atoms with Crippen LogP contribution >= 0.6 is 0 Å². The van der Waals surface area contributed by atoms with Crippen molar-refractivity contribution in [1.29, 1.82) is 0 Å². The molecule has 0 saturated carbocycles. The molecule has 3 heterocycles. The Morgan fingerprint density at radius 3 is 2.85 bits per heavy atom. The van der Waals surface area contributed by atoms with Crippen LogP contribution in [0.4, 0.5) is 0 Å². The molecule has 1 aliphatic heterocycles. The summed E-state index contributed by atoms with van der Waals surface area (Å²) in [6.45, 7) is 4.49. The summed E-state index contributed by atoms with van der Waals surface area (Å²) in [5.41, 5.74) is 2.01. The predicted octanol–water partition coefficient (Wildman–Crippen LogP) is 2.27. The lowest BCUT2D eigenvalue weighted by atomic mass is 10.2. The third kappa shape index (κ3) is 5.15. The molecule has 0 radical (unpaired) electrons. The molecule has 2 aromatic heterocycles. The minimum absolute atomic E-state index is 0.0529. The van der Waals surface area contributed by atoms with E-state index in [4.69, 9.17) is 4.74 Å². The van der Waals surface area contributed by atoms with E-state index < -0.39 is 9.84 Å². The monoisotopic (exact) mass is 392 g/mol. The van der Waals surface area contributed by atoms with Crippen LogP contribution in [0, 0.1) is 0 Å². The van der Waals surface area contributed by atoms with Crippen molar-refractivity contribution in [2.45, 2.75) is 57.1 Å². The SMILES string of the molecule is CCCS(=O)(=O)c1ncc(CN(C)Cc2cccnc2)n1CC1CCCO1. The van der Waals surface area contributed by atoms with Crippen molar-refractivity contribution in [3.8, 4) is 0 Å². The molecule has 1 atom stereocenters. The number of imidazole rings is 1. The summed E-state index contributed by atoms with van der Waals surface area (Å²) in [6, 6.07) is 3.95. The molecule has 1 unspecified atom stereocenters. The van der Waals surface area contributed by atoms with Gasteiger partial charge in [-0.05, 0) is 37.9 Å². The van der Waals surface area contributed by atoms with Crippen molar-refractivity contribution in [3.05, 3.63) is 42.0 Å². The van der Waals surface area contributed by atoms with E-state index in [9.17, 15) is 8.42 Å². The second kappa shape index (κ2) is 8.95. The Balaban J connectivity index is 1.81. The Morgan fingerprint density at radius 2 is 2.19 bits per heavy atom. The van der Waals surface area contributed by atoms with Crippen LogP contribution in [0.3, 0.4) is 0 Å². The maximum Gasteiger partial charge on any atom is 0.227 e. The van der Waals surface area contributed by atoms with Gasteiger partial charge in [0.2, 0.25) is 15.0 Å². The molecule has 3 rings (SSSR count). The summed E-state index contributed by atoms with van der Waals surface area (Å²) in [5.74, 6) is 0.112. The van der Waals surface area contributed by atoms with Crippen LogP contribution in [0.25, 0.3) is 0 Å². The summed E-state index contributed by atoms with van der Waals surface area (Å²) < 4.78 is 32.9. The molecule has 148 valence electrons. The Hall–Kier alpha value is -1.77. The lowest BCUT2D eigenvalue weighted by molar-refractivity contribution is 0.0934. The van der Waals surface area contributed by atoms with Gasteiger partial charge in [-0.1, -0.05) is 13.0 Å². The van der Waals surface area contributed by atoms with Crippen LogP contribution in [-0.2, 0) is 34.2 Å². The number of nitrogens with zero attached hydrogens (tertiary/aromatic N) is 4. The Bertz CT molecular complexity index is 830. The maximum atomic E-state index is 12.7. The van der Waals surface area contributed by atoms with Crippen molar-refractivity contribution < 1.29 is 13.2 Å². The fourth-order valence-electron chi connectivity index (χ4n) is 3.45. The molecule has 8 heteroatoms. The van der Waals surface area contributed by atoms with Crippen LogP contribution in [0.1, 0.15) is 37.4 Å². The van der Waals surface area contributed by atoms with E-state index in [0.29, 0.717) is 19.5 Å². The number of ether oxygens (including phenoxy) is 1. The van der Waals surface area contributed by atoms with Gasteiger partial charge in [0.15, 0.2) is 0 Å². The van der Waals surface area contributed by atoms with E-state index in [0.717, 1.165) is 37.3 Å². The highest BCUT2D eigenvalue weighted by molar-refractivity contribution is 7.91. The number of sulfone groups is 1. The average Bonchev–Trinajstić information content (AvgIpc) is 3.27. The van der Waals surface area contributed by atoms with Crippen LogP contribution in [0.15, 0.2) is 35.9 Å². The van der Waals surface area contributed by atoms with Gasteiger partial charge in [-0.2, -0.15) is 0 Å². The topological polar surface area (TPSA) is 77.3 Å². The van der Waals surface area contributed by atoms with Crippen LogP contribution in [0.2, 0.25) is 0 Å². The molecule has 0 amide bonds. The van der Waals surface area contributed by atoms with Crippen molar-refractivity contribution in [2.24, 2.45) is 0 Å². The normalized spacial score (nSPS) is 17.7. The number of rotatable bonds is 9. The first kappa shape index (κ1) is 20.0. The van der Waals surface area contributed by atoms with Crippen LogP contribution < -0.4 is 0 Å². The highest BCUT2D eigenvalue weighted by Gasteiger charge is 2.26. The minimum Gasteiger partial charge on any atom is -0.376 e. The second-order valence-corrected chi connectivity index (χ2v) is 9.13. The summed E-state index contributed by atoms with van der Waals surface area (Å²) in [4.78, 5) is 10.6. The van der Waals surface area contributed by atoms with Crippen molar-refractivity contribution >= 4 is 9.84 Å². The number of aromatic nitrogens is 3. The van der Waals surface area contributed by atoms with Gasteiger partial charge < -0.3 is 9.30 Å². The molecular formula is C19H28N4O3S. The smallest absolute Gasteiger partial charge is 0.227 e. The molecule has 0 bridgehead atoms. The van der Waals surface area contributed by atoms with E-state index in [-0.39, 0.29) is 17.0 Å². The Kier molecular flexibility index (Phi) is 6.62. The third-order valence-corrected chi connectivity index (χ3v) is 6.50. The van der Waals surface area contributed by atoms with E-state index in [1.165, 1.54) is 0 Å². The molecule has 0 aliphatic carbocycles. The van der Waals surface area contributed by atoms with Crippen LogP contribution in [0.5, 0.6) is 0 Å². The molecule has 1 fully saturated rings. The fraction of sp³-hybridized carbons (Fsp3) is 0.579. The molecule has 0 spiro atoms. The van der Waals surface area contributed by atoms with Gasteiger partial charge in [0.25, 0.3) is 0 Å². The van der Waals surface area contributed by atoms with Crippen LogP contribution in [-0.4, -0.2) is 53.4 Å². The van der Waals surface area contributed by atoms with Gasteiger partial charge >= 0.3 is 0 Å². The molecule has 7 nitrogen and oxygen atoms in total. The molecule has 27 heavy (non-hydrogen) atoms. The van der Waals surface area contributed by atoms with Gasteiger partial charge in [0.1, 0.15) is 0 Å². The Morgan fingerprint density at radius 1 is 1.33 bits per heavy atom. The van der Waals surface area contributed by atoms with Crippen molar-refractivity contribution in [2.75, 3.05) is 19.4 Å². The van der Waals surface area contributed by atoms with E-state index in [2.05, 4.69) is 14.9 Å². The summed E-state index contributed by atoms with van der Waals surface area (Å²) in [7, 11) is -1.38. The quantitative estimate of drug-likeness (QED) is 0.652. The zero-order valence-electron chi connectivity index (χ0n) is 16.0. The number of hydrogen-bond acceptors (Lipinski definition) is 6. The zero-order valence-corrected chi connectivity index (χ0v) is 16.9. The van der Waals surface area contributed by atoms with Gasteiger partial charge in [-0.3, -0.25) is 9.88 Å². The molecule has 1 aliphatic rings. The van der Waals surface area contributed by atoms with E-state index in [1.807, 2.05) is 36.9 Å². The highest BCUT2D eigenvalue weighted by Crippen LogP contribution is 2.21. The van der Waals surface area contributed by atoms with Crippen molar-refractivity contribution in [3.63, 3.8) is 0 Å². The molecule has 0 N–H and O–H groups in total. The molecule has 1 saturated heterocycles. The first-order valence-corrected chi connectivity index (χ1v) is 11.1. The lowest BCUT2D eigenvalue weighted by Crippen LogP contribution is -2.25. The zero-order chi connectivity index (χ0) is 19.3. The van der Waals surface area contributed by atoms with Gasteiger partial charge in [-0.25, -0.2) is 13.4 Å².